The molecule has 0 aromatic heterocycles. The Morgan fingerprint density at radius 2 is 2.05 bits per heavy atom. The number of carboxylic acid groups (broad SMARTS) is 1. The minimum absolute atomic E-state index is 0.155. The molecule has 0 amide bonds. The Hall–Kier alpha value is -1.31. The molecule has 0 aliphatic heterocycles. The van der Waals surface area contributed by atoms with Gasteiger partial charge < -0.3 is 5.11 Å². The molecule has 0 saturated heterocycles. The van der Waals surface area contributed by atoms with Crippen molar-refractivity contribution in [1.29, 1.82) is 0 Å². The zero-order valence-electron chi connectivity index (χ0n) is 13.6. The maximum atomic E-state index is 11.6. The Morgan fingerprint density at radius 1 is 1.29 bits per heavy atom. The summed E-state index contributed by atoms with van der Waals surface area (Å²) < 4.78 is 0. The number of aliphatic carboxylic acids is 1. The lowest BCUT2D eigenvalue weighted by Gasteiger charge is -2.34. The Labute approximate surface area is 128 Å². The van der Waals surface area contributed by atoms with Crippen LogP contribution in [0.25, 0.3) is 0 Å². The predicted molar refractivity (Wildman–Crippen MR) is 86.5 cm³/mol. The smallest absolute Gasteiger partial charge is 0.306 e. The molecule has 0 radical (unpaired) electrons. The van der Waals surface area contributed by atoms with Crippen LogP contribution in [0, 0.1) is 31.6 Å². The molecule has 1 N–H and O–H groups in total. The second-order valence-electron chi connectivity index (χ2n) is 6.81. The second-order valence-corrected chi connectivity index (χ2v) is 6.81. The van der Waals surface area contributed by atoms with Gasteiger partial charge in [0.05, 0.1) is 5.92 Å². The minimum Gasteiger partial charge on any atom is -0.481 e. The van der Waals surface area contributed by atoms with Gasteiger partial charge in [0.2, 0.25) is 0 Å². The quantitative estimate of drug-likeness (QED) is 0.848. The third-order valence-corrected chi connectivity index (χ3v) is 5.09. The first-order chi connectivity index (χ1) is 10.0. The first-order valence-corrected chi connectivity index (χ1v) is 8.30. The number of hydrogen-bond donors (Lipinski definition) is 1. The van der Waals surface area contributed by atoms with Gasteiger partial charge in [-0.05, 0) is 62.5 Å². The third-order valence-electron chi connectivity index (χ3n) is 5.09. The van der Waals surface area contributed by atoms with E-state index in [1.807, 2.05) is 0 Å². The molecular weight excluding hydrogens is 260 g/mol. The van der Waals surface area contributed by atoms with Crippen LogP contribution in [0.3, 0.4) is 0 Å². The van der Waals surface area contributed by atoms with E-state index in [1.165, 1.54) is 29.5 Å². The van der Waals surface area contributed by atoms with Crippen molar-refractivity contribution in [2.24, 2.45) is 17.8 Å². The van der Waals surface area contributed by atoms with Crippen molar-refractivity contribution in [3.63, 3.8) is 0 Å². The molecule has 2 heteroatoms. The van der Waals surface area contributed by atoms with E-state index in [2.05, 4.69) is 39.0 Å². The summed E-state index contributed by atoms with van der Waals surface area (Å²) in [5.41, 5.74) is 3.90. The molecule has 1 aliphatic carbocycles. The minimum atomic E-state index is -0.597. The Kier molecular flexibility index (Phi) is 5.44. The van der Waals surface area contributed by atoms with Crippen molar-refractivity contribution in [1.82, 2.24) is 0 Å². The van der Waals surface area contributed by atoms with Gasteiger partial charge in [-0.2, -0.15) is 0 Å². The Bertz CT molecular complexity index is 492. The van der Waals surface area contributed by atoms with Crippen LogP contribution in [0.15, 0.2) is 18.2 Å². The van der Waals surface area contributed by atoms with Crippen LogP contribution >= 0.6 is 0 Å². The summed E-state index contributed by atoms with van der Waals surface area (Å²) >= 11 is 0. The van der Waals surface area contributed by atoms with Gasteiger partial charge in [-0.15, -0.1) is 0 Å². The van der Waals surface area contributed by atoms with Crippen LogP contribution in [0.4, 0.5) is 0 Å². The van der Waals surface area contributed by atoms with Gasteiger partial charge in [0.25, 0.3) is 0 Å². The van der Waals surface area contributed by atoms with Crippen LogP contribution in [-0.4, -0.2) is 11.1 Å². The number of rotatable bonds is 5. The lowest BCUT2D eigenvalue weighted by molar-refractivity contribution is -0.145. The average Bonchev–Trinajstić information content (AvgIpc) is 2.43. The summed E-state index contributed by atoms with van der Waals surface area (Å²) in [6.07, 6.45) is 6.40. The number of carboxylic acids is 1. The molecule has 1 fully saturated rings. The van der Waals surface area contributed by atoms with E-state index in [0.29, 0.717) is 5.92 Å². The monoisotopic (exact) mass is 288 g/mol. The van der Waals surface area contributed by atoms with Gasteiger partial charge in [0, 0.05) is 0 Å². The first kappa shape index (κ1) is 16.1. The topological polar surface area (TPSA) is 37.3 Å². The van der Waals surface area contributed by atoms with Gasteiger partial charge in [0.1, 0.15) is 0 Å². The number of hydrogen-bond acceptors (Lipinski definition) is 1. The van der Waals surface area contributed by atoms with Crippen molar-refractivity contribution >= 4 is 5.97 Å². The van der Waals surface area contributed by atoms with Crippen molar-refractivity contribution in [2.45, 2.75) is 59.3 Å². The zero-order chi connectivity index (χ0) is 15.4. The summed E-state index contributed by atoms with van der Waals surface area (Å²) in [5, 5.41) is 9.53. The molecule has 1 aromatic rings. The molecule has 1 aliphatic rings. The molecule has 2 nitrogen and oxygen atoms in total. The molecule has 0 heterocycles. The summed E-state index contributed by atoms with van der Waals surface area (Å²) in [5.74, 6) is 0.271. The van der Waals surface area contributed by atoms with Crippen molar-refractivity contribution in [2.75, 3.05) is 0 Å². The van der Waals surface area contributed by atoms with E-state index in [9.17, 15) is 9.90 Å². The SMILES string of the molecule is CCCC1CCC(C(=O)O)C(Cc2cc(C)ccc2C)C1. The molecule has 1 saturated carbocycles. The van der Waals surface area contributed by atoms with Crippen LogP contribution in [0.1, 0.15) is 55.7 Å². The van der Waals surface area contributed by atoms with E-state index in [1.54, 1.807) is 0 Å². The highest BCUT2D eigenvalue weighted by molar-refractivity contribution is 5.70. The van der Waals surface area contributed by atoms with Crippen LogP contribution in [0.5, 0.6) is 0 Å². The maximum Gasteiger partial charge on any atom is 0.306 e. The molecule has 3 unspecified atom stereocenters. The largest absolute Gasteiger partial charge is 0.481 e. The molecule has 116 valence electrons. The highest BCUT2D eigenvalue weighted by Crippen LogP contribution is 2.38. The van der Waals surface area contributed by atoms with Crippen molar-refractivity contribution < 1.29 is 9.90 Å². The molecule has 3 atom stereocenters. The lowest BCUT2D eigenvalue weighted by atomic mass is 9.70. The summed E-state index contributed by atoms with van der Waals surface area (Å²) in [7, 11) is 0. The Morgan fingerprint density at radius 3 is 2.71 bits per heavy atom. The van der Waals surface area contributed by atoms with Gasteiger partial charge in [-0.1, -0.05) is 43.5 Å². The highest BCUT2D eigenvalue weighted by Gasteiger charge is 2.34. The molecule has 0 spiro atoms. The summed E-state index contributed by atoms with van der Waals surface area (Å²) in [6.45, 7) is 6.47. The number of benzene rings is 1. The van der Waals surface area contributed by atoms with Gasteiger partial charge in [0.15, 0.2) is 0 Å². The van der Waals surface area contributed by atoms with Crippen molar-refractivity contribution in [3.05, 3.63) is 34.9 Å². The fourth-order valence-corrected chi connectivity index (χ4v) is 3.89. The normalized spacial score (nSPS) is 25.8. The number of aryl methyl sites for hydroxylation is 2. The lowest BCUT2D eigenvalue weighted by Crippen LogP contribution is -2.32. The fourth-order valence-electron chi connectivity index (χ4n) is 3.89. The number of carbonyl (C=O) groups is 1. The second kappa shape index (κ2) is 7.11. The summed E-state index contributed by atoms with van der Waals surface area (Å²) in [4.78, 5) is 11.6. The fraction of sp³-hybridized carbons (Fsp3) is 0.632. The van der Waals surface area contributed by atoms with Gasteiger partial charge in [-0.25, -0.2) is 0 Å². The standard InChI is InChI=1S/C19H28O2/c1-4-5-15-8-9-18(19(20)21)17(11-15)12-16-10-13(2)6-7-14(16)3/h6-7,10,15,17-18H,4-5,8-9,11-12H2,1-3H3,(H,20,21). The molecular formula is C19H28O2. The molecule has 1 aromatic carbocycles. The molecule has 21 heavy (non-hydrogen) atoms. The Balaban J connectivity index is 2.15. The van der Waals surface area contributed by atoms with Gasteiger partial charge in [-0.3, -0.25) is 4.79 Å². The van der Waals surface area contributed by atoms with E-state index in [-0.39, 0.29) is 5.92 Å². The van der Waals surface area contributed by atoms with E-state index in [0.717, 1.165) is 31.6 Å². The van der Waals surface area contributed by atoms with E-state index in [4.69, 9.17) is 0 Å². The van der Waals surface area contributed by atoms with Crippen LogP contribution < -0.4 is 0 Å². The van der Waals surface area contributed by atoms with Crippen molar-refractivity contribution in [3.8, 4) is 0 Å². The van der Waals surface area contributed by atoms with Crippen LogP contribution in [0.2, 0.25) is 0 Å². The molecule has 0 bridgehead atoms. The van der Waals surface area contributed by atoms with Crippen LogP contribution in [-0.2, 0) is 11.2 Å². The maximum absolute atomic E-state index is 11.6. The van der Waals surface area contributed by atoms with E-state index < -0.39 is 5.97 Å². The molecule has 2 rings (SSSR count). The predicted octanol–water partition coefficient (Wildman–Crippen LogP) is 4.76. The first-order valence-electron chi connectivity index (χ1n) is 8.30. The van der Waals surface area contributed by atoms with Gasteiger partial charge >= 0.3 is 5.97 Å². The third kappa shape index (κ3) is 4.09. The van der Waals surface area contributed by atoms with E-state index >= 15 is 0 Å². The zero-order valence-corrected chi connectivity index (χ0v) is 13.6. The highest BCUT2D eigenvalue weighted by atomic mass is 16.4. The summed E-state index contributed by atoms with van der Waals surface area (Å²) in [6, 6.07) is 6.53. The average molecular weight is 288 g/mol.